The lowest BCUT2D eigenvalue weighted by Crippen LogP contribution is -2.37. The summed E-state index contributed by atoms with van der Waals surface area (Å²) in [6.07, 6.45) is 6.74. The van der Waals surface area contributed by atoms with Crippen LogP contribution in [0.4, 0.5) is 0 Å². The Morgan fingerprint density at radius 1 is 1.33 bits per heavy atom. The molecule has 0 amide bonds. The summed E-state index contributed by atoms with van der Waals surface area (Å²) >= 11 is 0. The summed E-state index contributed by atoms with van der Waals surface area (Å²) in [7, 11) is 1.46. The van der Waals surface area contributed by atoms with Gasteiger partial charge in [-0.05, 0) is 56.4 Å². The summed E-state index contributed by atoms with van der Waals surface area (Å²) in [6, 6.07) is 4.79. The molecule has 6 nitrogen and oxygen atoms in total. The predicted molar refractivity (Wildman–Crippen MR) is 101 cm³/mol. The number of esters is 2. The second-order valence-electron chi connectivity index (χ2n) is 6.85. The zero-order chi connectivity index (χ0) is 19.9. The molecule has 0 radical (unpaired) electrons. The molecule has 0 unspecified atom stereocenters. The van der Waals surface area contributed by atoms with Gasteiger partial charge < -0.3 is 19.3 Å². The van der Waals surface area contributed by atoms with Crippen molar-refractivity contribution in [3.8, 4) is 11.5 Å². The van der Waals surface area contributed by atoms with Gasteiger partial charge in [0.25, 0.3) is 0 Å². The van der Waals surface area contributed by atoms with Gasteiger partial charge in [0.05, 0.1) is 12.5 Å². The quantitative estimate of drug-likeness (QED) is 0.446. The van der Waals surface area contributed by atoms with Crippen LogP contribution >= 0.6 is 0 Å². The van der Waals surface area contributed by atoms with Gasteiger partial charge in [0, 0.05) is 6.08 Å². The van der Waals surface area contributed by atoms with Crippen molar-refractivity contribution >= 4 is 18.0 Å². The lowest BCUT2D eigenvalue weighted by Gasteiger charge is -2.34. The van der Waals surface area contributed by atoms with E-state index in [1.54, 1.807) is 24.3 Å². The Morgan fingerprint density at radius 2 is 2.04 bits per heavy atom. The maximum absolute atomic E-state index is 12.1. The molecule has 1 saturated carbocycles. The van der Waals surface area contributed by atoms with Gasteiger partial charge in [-0.3, -0.25) is 4.79 Å². The van der Waals surface area contributed by atoms with Crippen LogP contribution in [0.5, 0.6) is 11.5 Å². The van der Waals surface area contributed by atoms with Gasteiger partial charge >= 0.3 is 11.9 Å². The maximum Gasteiger partial charge on any atom is 0.331 e. The number of hydrogen-bond donors (Lipinski definition) is 1. The third-order valence-corrected chi connectivity index (χ3v) is 4.76. The number of carbonyl (C=O) groups excluding carboxylic acids is 2. The van der Waals surface area contributed by atoms with Crippen LogP contribution in [-0.4, -0.2) is 36.9 Å². The Bertz CT molecular complexity index is 713. The van der Waals surface area contributed by atoms with E-state index in [9.17, 15) is 14.7 Å². The molecule has 27 heavy (non-hydrogen) atoms. The standard InChI is InChI=1S/C21H26O6/c1-4-13-26-20(24)21(2)11-9-16(10-12-21)27-19(23)8-6-15-5-7-17(22)18(14-15)25-3/h4-8,14,16,22H,1,9-13H2,2-3H3/t16-,21-. The largest absolute Gasteiger partial charge is 0.504 e. The van der Waals surface area contributed by atoms with Gasteiger partial charge in [-0.15, -0.1) is 0 Å². The van der Waals surface area contributed by atoms with E-state index in [-0.39, 0.29) is 24.4 Å². The number of ether oxygens (including phenoxy) is 3. The molecule has 2 rings (SSSR count). The Labute approximate surface area is 159 Å². The number of rotatable bonds is 7. The first-order chi connectivity index (χ1) is 12.9. The molecule has 1 aromatic rings. The highest BCUT2D eigenvalue weighted by Gasteiger charge is 2.39. The first-order valence-corrected chi connectivity index (χ1v) is 8.92. The van der Waals surface area contributed by atoms with Crippen LogP contribution in [0.15, 0.2) is 36.9 Å². The number of phenols is 1. The number of methoxy groups -OCH3 is 1. The molecule has 146 valence electrons. The molecule has 1 aliphatic rings. The topological polar surface area (TPSA) is 82.1 Å². The molecule has 0 spiro atoms. The molecule has 6 heteroatoms. The van der Waals surface area contributed by atoms with Gasteiger partial charge in [-0.2, -0.15) is 0 Å². The molecule has 0 saturated heterocycles. The zero-order valence-electron chi connectivity index (χ0n) is 15.8. The highest BCUT2D eigenvalue weighted by molar-refractivity contribution is 5.87. The van der Waals surface area contributed by atoms with E-state index in [0.717, 1.165) is 0 Å². The average molecular weight is 374 g/mol. The van der Waals surface area contributed by atoms with Crippen LogP contribution in [0.1, 0.15) is 38.2 Å². The highest BCUT2D eigenvalue weighted by atomic mass is 16.5. The van der Waals surface area contributed by atoms with E-state index < -0.39 is 11.4 Å². The molecule has 1 aliphatic carbocycles. The summed E-state index contributed by atoms with van der Waals surface area (Å²) < 4.78 is 15.7. The van der Waals surface area contributed by atoms with Crippen molar-refractivity contribution in [3.63, 3.8) is 0 Å². The summed E-state index contributed by atoms with van der Waals surface area (Å²) in [5, 5.41) is 9.58. The minimum atomic E-state index is -0.537. The van der Waals surface area contributed by atoms with E-state index in [1.807, 2.05) is 6.92 Å². The highest BCUT2D eigenvalue weighted by Crippen LogP contribution is 2.38. The van der Waals surface area contributed by atoms with E-state index in [4.69, 9.17) is 14.2 Å². The van der Waals surface area contributed by atoms with Gasteiger partial charge in [-0.1, -0.05) is 18.7 Å². The van der Waals surface area contributed by atoms with Crippen molar-refractivity contribution in [2.75, 3.05) is 13.7 Å². The molecule has 0 aliphatic heterocycles. The monoisotopic (exact) mass is 374 g/mol. The van der Waals surface area contributed by atoms with Gasteiger partial charge in [0.2, 0.25) is 0 Å². The molecule has 0 aromatic heterocycles. The molecular formula is C21H26O6. The average Bonchev–Trinajstić information content (AvgIpc) is 2.67. The third-order valence-electron chi connectivity index (χ3n) is 4.76. The van der Waals surface area contributed by atoms with Crippen LogP contribution in [-0.2, 0) is 19.1 Å². The summed E-state index contributed by atoms with van der Waals surface area (Å²) in [6.45, 7) is 5.63. The van der Waals surface area contributed by atoms with Crippen LogP contribution in [0.25, 0.3) is 6.08 Å². The molecule has 1 N–H and O–H groups in total. The van der Waals surface area contributed by atoms with Gasteiger partial charge in [0.15, 0.2) is 11.5 Å². The Hall–Kier alpha value is -2.76. The molecule has 1 fully saturated rings. The second-order valence-corrected chi connectivity index (χ2v) is 6.85. The summed E-state index contributed by atoms with van der Waals surface area (Å²) in [5.74, 6) is -0.298. The van der Waals surface area contributed by atoms with Crippen LogP contribution in [0.3, 0.4) is 0 Å². The minimum absolute atomic E-state index is 0.0362. The first-order valence-electron chi connectivity index (χ1n) is 8.92. The fourth-order valence-corrected chi connectivity index (χ4v) is 3.02. The number of benzene rings is 1. The second kappa shape index (κ2) is 9.26. The molecule has 0 atom stereocenters. The number of phenolic OH excluding ortho intramolecular Hbond substituents is 1. The predicted octanol–water partition coefficient (Wildman–Crippen LogP) is 3.64. The van der Waals surface area contributed by atoms with E-state index in [0.29, 0.717) is 37.0 Å². The van der Waals surface area contributed by atoms with Crippen LogP contribution < -0.4 is 4.74 Å². The maximum atomic E-state index is 12.1. The van der Waals surface area contributed by atoms with Crippen molar-refractivity contribution < 1.29 is 28.9 Å². The van der Waals surface area contributed by atoms with Crippen molar-refractivity contribution in [3.05, 3.63) is 42.5 Å². The minimum Gasteiger partial charge on any atom is -0.504 e. The lowest BCUT2D eigenvalue weighted by molar-refractivity contribution is -0.158. The lowest BCUT2D eigenvalue weighted by atomic mass is 9.74. The third kappa shape index (κ3) is 5.61. The zero-order valence-corrected chi connectivity index (χ0v) is 15.8. The molecule has 1 aromatic carbocycles. The van der Waals surface area contributed by atoms with Crippen LogP contribution in [0, 0.1) is 5.41 Å². The number of carbonyl (C=O) groups is 2. The normalized spacial score (nSPS) is 22.2. The fourth-order valence-electron chi connectivity index (χ4n) is 3.02. The smallest absolute Gasteiger partial charge is 0.331 e. The van der Waals surface area contributed by atoms with Crippen molar-refractivity contribution in [2.45, 2.75) is 38.7 Å². The van der Waals surface area contributed by atoms with Crippen molar-refractivity contribution in [1.82, 2.24) is 0 Å². The number of hydrogen-bond acceptors (Lipinski definition) is 6. The summed E-state index contributed by atoms with van der Waals surface area (Å²) in [5.41, 5.74) is 0.174. The number of aromatic hydroxyl groups is 1. The van der Waals surface area contributed by atoms with Crippen molar-refractivity contribution in [1.29, 1.82) is 0 Å². The van der Waals surface area contributed by atoms with E-state index in [1.165, 1.54) is 19.3 Å². The molecule has 0 heterocycles. The van der Waals surface area contributed by atoms with Crippen molar-refractivity contribution in [2.24, 2.45) is 5.41 Å². The van der Waals surface area contributed by atoms with Gasteiger partial charge in [0.1, 0.15) is 12.7 Å². The molecular weight excluding hydrogens is 348 g/mol. The Kier molecular flexibility index (Phi) is 7.05. The van der Waals surface area contributed by atoms with Crippen LogP contribution in [0.2, 0.25) is 0 Å². The summed E-state index contributed by atoms with van der Waals surface area (Å²) in [4.78, 5) is 24.2. The molecule has 0 bridgehead atoms. The fraction of sp³-hybridized carbons (Fsp3) is 0.429. The van der Waals surface area contributed by atoms with E-state index >= 15 is 0 Å². The Morgan fingerprint density at radius 3 is 2.67 bits per heavy atom. The van der Waals surface area contributed by atoms with E-state index in [2.05, 4.69) is 6.58 Å². The SMILES string of the molecule is C=CCOC(=O)[C@]1(C)CC[C@@H](OC(=O)C=Cc2ccc(O)c(OC)c2)CC1. The Balaban J connectivity index is 1.85. The van der Waals surface area contributed by atoms with Gasteiger partial charge in [-0.25, -0.2) is 4.79 Å². The first kappa shape index (κ1) is 20.6.